The van der Waals surface area contributed by atoms with Gasteiger partial charge in [0, 0.05) is 36.2 Å². The molecule has 0 aliphatic heterocycles. The Morgan fingerprint density at radius 2 is 1.69 bits per heavy atom. The Labute approximate surface area is 170 Å². The summed E-state index contributed by atoms with van der Waals surface area (Å²) in [5, 5.41) is 10.5. The van der Waals surface area contributed by atoms with Gasteiger partial charge in [-0.2, -0.15) is 5.10 Å². The van der Waals surface area contributed by atoms with Gasteiger partial charge in [-0.1, -0.05) is 0 Å². The van der Waals surface area contributed by atoms with Crippen molar-refractivity contribution < 1.29 is 19.0 Å². The lowest BCUT2D eigenvalue weighted by Gasteiger charge is -2.15. The Hall–Kier alpha value is -2.90. The van der Waals surface area contributed by atoms with Gasteiger partial charge in [-0.25, -0.2) is 4.79 Å². The Morgan fingerprint density at radius 3 is 2.24 bits per heavy atom. The molecule has 2 aliphatic rings. The zero-order chi connectivity index (χ0) is 20.4. The normalized spacial score (nSPS) is 15.7. The monoisotopic (exact) mass is 400 g/mol. The molecule has 2 saturated carbocycles. The number of carbonyl (C=O) groups excluding carboxylic acids is 1. The zero-order valence-electron chi connectivity index (χ0n) is 17.2. The Kier molecular flexibility index (Phi) is 5.51. The van der Waals surface area contributed by atoms with Crippen LogP contribution in [0.4, 0.5) is 10.5 Å². The molecule has 2 aromatic rings. The number of carbonyl (C=O) groups is 1. The summed E-state index contributed by atoms with van der Waals surface area (Å²) in [5.41, 5.74) is 3.10. The number of rotatable bonds is 9. The molecule has 0 saturated heterocycles. The molecule has 2 N–H and O–H groups in total. The van der Waals surface area contributed by atoms with Gasteiger partial charge < -0.3 is 24.8 Å². The van der Waals surface area contributed by atoms with E-state index in [4.69, 9.17) is 19.3 Å². The molecular formula is C21H28N4O4. The van der Waals surface area contributed by atoms with Crippen LogP contribution in [-0.4, -0.2) is 43.7 Å². The maximum atomic E-state index is 12.3. The number of hydrogen-bond acceptors (Lipinski definition) is 5. The van der Waals surface area contributed by atoms with Gasteiger partial charge in [0.2, 0.25) is 5.75 Å². The van der Waals surface area contributed by atoms with Crippen LogP contribution in [-0.2, 0) is 6.54 Å². The van der Waals surface area contributed by atoms with Crippen LogP contribution in [0.1, 0.15) is 48.9 Å². The molecule has 1 heterocycles. The third-order valence-electron chi connectivity index (χ3n) is 5.35. The molecule has 2 aliphatic carbocycles. The van der Waals surface area contributed by atoms with E-state index in [1.54, 1.807) is 33.5 Å². The molecule has 0 unspecified atom stereocenters. The van der Waals surface area contributed by atoms with E-state index in [0.717, 1.165) is 0 Å². The predicted molar refractivity (Wildman–Crippen MR) is 109 cm³/mol. The topological polar surface area (TPSA) is 86.6 Å². The molecule has 1 aromatic heterocycles. The first-order valence-electron chi connectivity index (χ1n) is 10.1. The number of urea groups is 1. The van der Waals surface area contributed by atoms with E-state index >= 15 is 0 Å². The van der Waals surface area contributed by atoms with Crippen LogP contribution in [0.25, 0.3) is 0 Å². The van der Waals surface area contributed by atoms with Gasteiger partial charge in [0.15, 0.2) is 11.5 Å². The lowest BCUT2D eigenvalue weighted by atomic mass is 10.2. The number of benzene rings is 1. The maximum absolute atomic E-state index is 12.3. The zero-order valence-corrected chi connectivity index (χ0v) is 17.2. The quantitative estimate of drug-likeness (QED) is 0.673. The van der Waals surface area contributed by atoms with E-state index in [2.05, 4.69) is 21.4 Å². The van der Waals surface area contributed by atoms with Crippen LogP contribution in [0.3, 0.4) is 0 Å². The van der Waals surface area contributed by atoms with Crippen molar-refractivity contribution in [2.24, 2.45) is 0 Å². The fourth-order valence-electron chi connectivity index (χ4n) is 3.52. The van der Waals surface area contributed by atoms with Gasteiger partial charge in [-0.15, -0.1) is 0 Å². The summed E-state index contributed by atoms with van der Waals surface area (Å²) in [6, 6.07) is 5.37. The number of nitrogens with zero attached hydrogens (tertiary/aromatic N) is 2. The Bertz CT molecular complexity index is 862. The average Bonchev–Trinajstić information content (AvgIpc) is 3.65. The minimum Gasteiger partial charge on any atom is -0.493 e. The smallest absolute Gasteiger partial charge is 0.319 e. The lowest BCUT2D eigenvalue weighted by molar-refractivity contribution is 0.251. The summed E-state index contributed by atoms with van der Waals surface area (Å²) in [4.78, 5) is 12.3. The first-order chi connectivity index (χ1) is 14.1. The van der Waals surface area contributed by atoms with Crippen molar-refractivity contribution in [3.05, 3.63) is 29.6 Å². The number of methoxy groups -OCH3 is 3. The van der Waals surface area contributed by atoms with E-state index in [9.17, 15) is 4.79 Å². The molecule has 29 heavy (non-hydrogen) atoms. The summed E-state index contributed by atoms with van der Waals surface area (Å²) in [7, 11) is 4.62. The van der Waals surface area contributed by atoms with Crippen molar-refractivity contribution in [1.29, 1.82) is 0 Å². The van der Waals surface area contributed by atoms with Crippen LogP contribution >= 0.6 is 0 Å². The van der Waals surface area contributed by atoms with Crippen LogP contribution in [0.15, 0.2) is 18.2 Å². The molecule has 0 atom stereocenters. The van der Waals surface area contributed by atoms with E-state index in [1.807, 2.05) is 0 Å². The second kappa shape index (κ2) is 8.23. The second-order valence-corrected chi connectivity index (χ2v) is 7.56. The van der Waals surface area contributed by atoms with Gasteiger partial charge in [0.05, 0.1) is 39.3 Å². The standard InChI is InChI=1S/C21H28N4O4/c1-27-18-10-15(11-19(28-2)20(18)29-3)23-21(26)22-8-9-25-17(14-6-7-14)12-16(24-25)13-4-5-13/h10-14H,4-9H2,1-3H3,(H2,22,23,26). The molecular weight excluding hydrogens is 372 g/mol. The highest BCUT2D eigenvalue weighted by molar-refractivity contribution is 5.90. The average molecular weight is 400 g/mol. The van der Waals surface area contributed by atoms with Gasteiger partial charge in [0.1, 0.15) is 0 Å². The van der Waals surface area contributed by atoms with Crippen molar-refractivity contribution in [1.82, 2.24) is 15.1 Å². The third-order valence-corrected chi connectivity index (χ3v) is 5.35. The minimum absolute atomic E-state index is 0.290. The summed E-state index contributed by atoms with van der Waals surface area (Å²) in [6.07, 6.45) is 4.98. The number of ether oxygens (including phenoxy) is 3. The van der Waals surface area contributed by atoms with Crippen LogP contribution in [0.2, 0.25) is 0 Å². The number of amides is 2. The van der Waals surface area contributed by atoms with Gasteiger partial charge >= 0.3 is 6.03 Å². The highest BCUT2D eigenvalue weighted by Crippen LogP contribution is 2.44. The molecule has 2 amide bonds. The number of anilines is 1. The van der Waals surface area contributed by atoms with Gasteiger partial charge in [0.25, 0.3) is 0 Å². The molecule has 8 nitrogen and oxygen atoms in total. The first-order valence-corrected chi connectivity index (χ1v) is 10.1. The molecule has 0 bridgehead atoms. The minimum atomic E-state index is -0.290. The number of nitrogens with one attached hydrogen (secondary N) is 2. The fourth-order valence-corrected chi connectivity index (χ4v) is 3.52. The molecule has 0 spiro atoms. The Morgan fingerprint density at radius 1 is 1.03 bits per heavy atom. The van der Waals surface area contributed by atoms with Crippen molar-refractivity contribution in [3.63, 3.8) is 0 Å². The molecule has 4 rings (SSSR count). The number of aromatic nitrogens is 2. The SMILES string of the molecule is COc1cc(NC(=O)NCCn2nc(C3CC3)cc2C2CC2)cc(OC)c1OC. The van der Waals surface area contributed by atoms with E-state index in [1.165, 1.54) is 37.1 Å². The van der Waals surface area contributed by atoms with Crippen LogP contribution < -0.4 is 24.8 Å². The van der Waals surface area contributed by atoms with Crippen molar-refractivity contribution in [2.75, 3.05) is 33.2 Å². The van der Waals surface area contributed by atoms with Crippen LogP contribution in [0.5, 0.6) is 17.2 Å². The van der Waals surface area contributed by atoms with Crippen molar-refractivity contribution in [2.45, 2.75) is 44.1 Å². The van der Waals surface area contributed by atoms with E-state index in [0.29, 0.717) is 47.9 Å². The third kappa shape index (κ3) is 4.41. The lowest BCUT2D eigenvalue weighted by Crippen LogP contribution is -2.32. The highest BCUT2D eigenvalue weighted by atomic mass is 16.5. The molecule has 8 heteroatoms. The van der Waals surface area contributed by atoms with Crippen molar-refractivity contribution >= 4 is 11.7 Å². The van der Waals surface area contributed by atoms with E-state index in [-0.39, 0.29) is 6.03 Å². The summed E-state index contributed by atoms with van der Waals surface area (Å²) < 4.78 is 18.0. The summed E-state index contributed by atoms with van der Waals surface area (Å²) in [5.74, 6) is 2.74. The largest absolute Gasteiger partial charge is 0.493 e. The van der Waals surface area contributed by atoms with Crippen LogP contribution in [0, 0.1) is 0 Å². The molecule has 156 valence electrons. The fraction of sp³-hybridized carbons (Fsp3) is 0.524. The molecule has 1 aromatic carbocycles. The van der Waals surface area contributed by atoms with Gasteiger partial charge in [-0.3, -0.25) is 4.68 Å². The highest BCUT2D eigenvalue weighted by Gasteiger charge is 2.32. The van der Waals surface area contributed by atoms with E-state index < -0.39 is 0 Å². The Balaban J connectivity index is 1.35. The van der Waals surface area contributed by atoms with Crippen molar-refractivity contribution in [3.8, 4) is 17.2 Å². The summed E-state index contributed by atoms with van der Waals surface area (Å²) >= 11 is 0. The first kappa shape index (κ1) is 19.4. The molecule has 2 fully saturated rings. The number of hydrogen-bond donors (Lipinski definition) is 2. The van der Waals surface area contributed by atoms with Gasteiger partial charge in [-0.05, 0) is 31.7 Å². The molecule has 0 radical (unpaired) electrons. The predicted octanol–water partition coefficient (Wildman–Crippen LogP) is 3.49. The maximum Gasteiger partial charge on any atom is 0.319 e. The second-order valence-electron chi connectivity index (χ2n) is 7.56. The summed E-state index contributed by atoms with van der Waals surface area (Å²) in [6.45, 7) is 1.17.